The van der Waals surface area contributed by atoms with Gasteiger partial charge >= 0.3 is 7.82 Å². The van der Waals surface area contributed by atoms with Crippen molar-refractivity contribution in [3.8, 4) is 0 Å². The average Bonchev–Trinajstić information content (AvgIpc) is 1.97. The van der Waals surface area contributed by atoms with Crippen LogP contribution in [0.25, 0.3) is 0 Å². The lowest BCUT2D eigenvalue weighted by atomic mass is 10.2. The van der Waals surface area contributed by atoms with E-state index >= 15 is 0 Å². The van der Waals surface area contributed by atoms with Gasteiger partial charge in [-0.15, -0.1) is 0 Å². The van der Waals surface area contributed by atoms with Gasteiger partial charge < -0.3 is 0 Å². The van der Waals surface area contributed by atoms with Gasteiger partial charge in [0.2, 0.25) is 0 Å². The summed E-state index contributed by atoms with van der Waals surface area (Å²) in [6.07, 6.45) is -0.358. The van der Waals surface area contributed by atoms with Gasteiger partial charge in [-0.25, -0.2) is 4.57 Å². The molecule has 0 spiro atoms. The summed E-state index contributed by atoms with van der Waals surface area (Å²) in [6.45, 7) is 11.5. The van der Waals surface area contributed by atoms with Gasteiger partial charge in [0.15, 0.2) is 0 Å². The molecule has 0 atom stereocenters. The van der Waals surface area contributed by atoms with Crippen LogP contribution in [-0.2, 0) is 18.1 Å². The minimum Gasteiger partial charge on any atom is -0.287 e. The Kier molecular flexibility index (Phi) is 6.69. The second-order valence-electron chi connectivity index (χ2n) is 4.45. The predicted octanol–water partition coefficient (Wildman–Crippen LogP) is 3.62. The van der Waals surface area contributed by atoms with Crippen molar-refractivity contribution in [3.63, 3.8) is 0 Å². The van der Waals surface area contributed by atoms with E-state index in [2.05, 4.69) is 0 Å². The maximum absolute atomic E-state index is 12.1. The van der Waals surface area contributed by atoms with E-state index in [-0.39, 0.29) is 12.2 Å². The SMILES string of the molecule is CC(C)COP(=O)(OC(C)C)OC(C)C. The highest BCUT2D eigenvalue weighted by atomic mass is 31.2. The van der Waals surface area contributed by atoms with Gasteiger partial charge in [-0.3, -0.25) is 13.6 Å². The van der Waals surface area contributed by atoms with Gasteiger partial charge in [-0.2, -0.15) is 0 Å². The van der Waals surface area contributed by atoms with Crippen LogP contribution < -0.4 is 0 Å². The standard InChI is InChI=1S/C10H23O4P/c1-8(2)7-12-15(11,13-9(3)4)14-10(5)6/h8-10H,7H2,1-6H3. The molecule has 0 saturated carbocycles. The summed E-state index contributed by atoms with van der Waals surface area (Å²) in [5, 5.41) is 0. The van der Waals surface area contributed by atoms with Crippen molar-refractivity contribution in [2.75, 3.05) is 6.61 Å². The van der Waals surface area contributed by atoms with Gasteiger partial charge in [0, 0.05) is 0 Å². The predicted molar refractivity (Wildman–Crippen MR) is 60.8 cm³/mol. The summed E-state index contributed by atoms with van der Waals surface area (Å²) in [4.78, 5) is 0. The van der Waals surface area contributed by atoms with E-state index in [0.717, 1.165) is 0 Å². The fourth-order valence-corrected chi connectivity index (χ4v) is 2.53. The summed E-state index contributed by atoms with van der Waals surface area (Å²) < 4.78 is 27.7. The van der Waals surface area contributed by atoms with Crippen LogP contribution in [0.4, 0.5) is 0 Å². The van der Waals surface area contributed by atoms with Crippen LogP contribution >= 0.6 is 7.82 Å². The number of phosphoric ester groups is 1. The molecule has 5 heteroatoms. The molecule has 4 nitrogen and oxygen atoms in total. The van der Waals surface area contributed by atoms with E-state index in [0.29, 0.717) is 12.5 Å². The van der Waals surface area contributed by atoms with E-state index in [4.69, 9.17) is 13.6 Å². The maximum Gasteiger partial charge on any atom is 0.475 e. The average molecular weight is 238 g/mol. The molecule has 0 amide bonds. The molecule has 0 radical (unpaired) electrons. The van der Waals surface area contributed by atoms with Gasteiger partial charge in [0.1, 0.15) is 0 Å². The molecule has 0 saturated heterocycles. The fourth-order valence-electron chi connectivity index (χ4n) is 0.842. The van der Waals surface area contributed by atoms with E-state index in [1.54, 1.807) is 27.7 Å². The second kappa shape index (κ2) is 6.64. The lowest BCUT2D eigenvalue weighted by Gasteiger charge is -2.22. The van der Waals surface area contributed by atoms with Crippen molar-refractivity contribution in [1.82, 2.24) is 0 Å². The Bertz CT molecular complexity index is 199. The molecule has 0 bridgehead atoms. The molecule has 0 rings (SSSR count). The number of phosphoric acid groups is 1. The van der Waals surface area contributed by atoms with Crippen molar-refractivity contribution in [2.45, 2.75) is 53.8 Å². The van der Waals surface area contributed by atoms with Gasteiger partial charge in [0.05, 0.1) is 18.8 Å². The first-order chi connectivity index (χ1) is 6.75. The third-order valence-electron chi connectivity index (χ3n) is 1.25. The van der Waals surface area contributed by atoms with E-state index in [9.17, 15) is 4.57 Å². The Morgan fingerprint density at radius 3 is 1.60 bits per heavy atom. The monoisotopic (exact) mass is 238 g/mol. The molecule has 0 aliphatic heterocycles. The summed E-state index contributed by atoms with van der Waals surface area (Å²) >= 11 is 0. The van der Waals surface area contributed by atoms with Crippen molar-refractivity contribution >= 4 is 7.82 Å². The van der Waals surface area contributed by atoms with Crippen molar-refractivity contribution in [3.05, 3.63) is 0 Å². The molecular formula is C10H23O4P. The Morgan fingerprint density at radius 2 is 1.33 bits per heavy atom. The highest BCUT2D eigenvalue weighted by molar-refractivity contribution is 7.48. The normalized spacial score (nSPS) is 13.1. The topological polar surface area (TPSA) is 44.8 Å². The Balaban J connectivity index is 4.34. The van der Waals surface area contributed by atoms with Crippen LogP contribution in [-0.4, -0.2) is 18.8 Å². The molecule has 0 aromatic heterocycles. The molecule has 0 fully saturated rings. The van der Waals surface area contributed by atoms with Crippen LogP contribution in [0, 0.1) is 5.92 Å². The van der Waals surface area contributed by atoms with Crippen molar-refractivity contribution < 1.29 is 18.1 Å². The molecule has 0 aromatic rings. The van der Waals surface area contributed by atoms with Crippen LogP contribution in [0.2, 0.25) is 0 Å². The summed E-state index contributed by atoms with van der Waals surface area (Å²) in [5.74, 6) is 0.296. The molecule has 92 valence electrons. The number of hydrogen-bond donors (Lipinski definition) is 0. The zero-order chi connectivity index (χ0) is 12.1. The second-order valence-corrected chi connectivity index (χ2v) is 6.02. The molecule has 0 N–H and O–H groups in total. The first kappa shape index (κ1) is 15.1. The Labute approximate surface area is 92.9 Å². The van der Waals surface area contributed by atoms with Gasteiger partial charge in [0.25, 0.3) is 0 Å². The zero-order valence-electron chi connectivity index (χ0n) is 10.5. The Morgan fingerprint density at radius 1 is 0.933 bits per heavy atom. The van der Waals surface area contributed by atoms with Crippen LogP contribution in [0.15, 0.2) is 0 Å². The largest absolute Gasteiger partial charge is 0.475 e. The van der Waals surface area contributed by atoms with Gasteiger partial charge in [-0.05, 0) is 33.6 Å². The zero-order valence-corrected chi connectivity index (χ0v) is 11.4. The number of rotatable bonds is 7. The van der Waals surface area contributed by atoms with Crippen LogP contribution in [0.3, 0.4) is 0 Å². The van der Waals surface area contributed by atoms with Crippen molar-refractivity contribution in [2.24, 2.45) is 5.92 Å². The summed E-state index contributed by atoms with van der Waals surface area (Å²) in [6, 6.07) is 0. The third kappa shape index (κ3) is 7.97. The molecule has 0 aromatic carbocycles. The molecule has 15 heavy (non-hydrogen) atoms. The highest BCUT2D eigenvalue weighted by Crippen LogP contribution is 2.51. The molecule has 0 heterocycles. The lowest BCUT2D eigenvalue weighted by molar-refractivity contribution is 0.0661. The lowest BCUT2D eigenvalue weighted by Crippen LogP contribution is -2.12. The minimum atomic E-state index is -3.39. The van der Waals surface area contributed by atoms with E-state index in [1.165, 1.54) is 0 Å². The maximum atomic E-state index is 12.1. The fraction of sp³-hybridized carbons (Fsp3) is 1.00. The third-order valence-corrected chi connectivity index (χ3v) is 3.07. The quantitative estimate of drug-likeness (QED) is 0.635. The smallest absolute Gasteiger partial charge is 0.287 e. The molecule has 0 aliphatic carbocycles. The van der Waals surface area contributed by atoms with Crippen LogP contribution in [0.5, 0.6) is 0 Å². The minimum absolute atomic E-state index is 0.179. The van der Waals surface area contributed by atoms with Gasteiger partial charge in [-0.1, -0.05) is 13.8 Å². The Hall–Kier alpha value is 0.110. The molecular weight excluding hydrogens is 215 g/mol. The van der Waals surface area contributed by atoms with E-state index in [1.807, 2.05) is 13.8 Å². The first-order valence-corrected chi connectivity index (χ1v) is 6.82. The van der Waals surface area contributed by atoms with Crippen molar-refractivity contribution in [1.29, 1.82) is 0 Å². The summed E-state index contributed by atoms with van der Waals surface area (Å²) in [7, 11) is -3.39. The van der Waals surface area contributed by atoms with E-state index < -0.39 is 7.82 Å². The van der Waals surface area contributed by atoms with Crippen LogP contribution in [0.1, 0.15) is 41.5 Å². The first-order valence-electron chi connectivity index (χ1n) is 5.36. The molecule has 0 aliphatic rings. The number of hydrogen-bond acceptors (Lipinski definition) is 4. The molecule has 0 unspecified atom stereocenters. The summed E-state index contributed by atoms with van der Waals surface area (Å²) in [5.41, 5.74) is 0. The highest BCUT2D eigenvalue weighted by Gasteiger charge is 2.29.